The van der Waals surface area contributed by atoms with Crippen molar-refractivity contribution in [3.8, 4) is 22.5 Å². The Morgan fingerprint density at radius 3 is 2.57 bits per heavy atom. The number of carbonyl (C=O) groups is 4. The lowest BCUT2D eigenvalue weighted by molar-refractivity contribution is -0.155. The second-order valence-electron chi connectivity index (χ2n) is 23.4. The van der Waals surface area contributed by atoms with Gasteiger partial charge in [-0.1, -0.05) is 32.8 Å². The molecular weight excluding hydrogens is 972 g/mol. The third-order valence-electron chi connectivity index (χ3n) is 17.4. The highest BCUT2D eigenvalue weighted by atomic mass is 32.1. The molecule has 0 radical (unpaired) electrons. The molecule has 15 nitrogen and oxygen atoms in total. The smallest absolute Gasteiger partial charge is 0.406 e. The van der Waals surface area contributed by atoms with Crippen LogP contribution in [0.2, 0.25) is 0 Å². The van der Waals surface area contributed by atoms with Gasteiger partial charge in [-0.3, -0.25) is 39.0 Å². The van der Waals surface area contributed by atoms with E-state index in [4.69, 9.17) is 14.5 Å². The number of aromatic nitrogens is 3. The number of rotatable bonds is 10. The molecule has 11 rings (SSSR count). The van der Waals surface area contributed by atoms with E-state index >= 15 is 4.79 Å². The van der Waals surface area contributed by atoms with Crippen LogP contribution in [0.4, 0.5) is 13.2 Å². The first-order valence-electron chi connectivity index (χ1n) is 26.8. The highest BCUT2D eigenvalue weighted by Crippen LogP contribution is 2.49. The molecule has 2 saturated carbocycles. The van der Waals surface area contributed by atoms with E-state index in [0.29, 0.717) is 94.1 Å². The molecule has 8 atom stereocenters. The maximum atomic E-state index is 15.1. The summed E-state index contributed by atoms with van der Waals surface area (Å²) < 4.78 is 57.3. The Balaban J connectivity index is 0.921. The predicted octanol–water partition coefficient (Wildman–Crippen LogP) is 7.32. The summed E-state index contributed by atoms with van der Waals surface area (Å²) >= 11 is 1.36. The number of fused-ring (bicyclic) bond motifs is 6. The van der Waals surface area contributed by atoms with Gasteiger partial charge in [0.1, 0.15) is 24.7 Å². The van der Waals surface area contributed by atoms with E-state index in [1.807, 2.05) is 32.2 Å². The molecule has 1 unspecified atom stereocenters. The summed E-state index contributed by atoms with van der Waals surface area (Å²) in [5.74, 6) is -0.116. The van der Waals surface area contributed by atoms with Crippen molar-refractivity contribution in [1.29, 1.82) is 0 Å². The highest BCUT2D eigenvalue weighted by molar-refractivity contribution is 7.10. The van der Waals surface area contributed by atoms with Gasteiger partial charge in [-0.15, -0.1) is 11.3 Å². The number of hydrogen-bond acceptors (Lipinski definition) is 12. The van der Waals surface area contributed by atoms with Crippen molar-refractivity contribution in [2.24, 2.45) is 22.7 Å². The molecule has 2 aliphatic carbocycles. The fourth-order valence-corrected chi connectivity index (χ4v) is 14.2. The van der Waals surface area contributed by atoms with Crippen LogP contribution in [0, 0.1) is 22.7 Å². The standard InChI is InChI=1S/C55H70F3N9O6S/c1-32(72-5)44-36(12-8-20-59-44)47-38-26-53(2,3)31-73-52(71)39-13-9-21-67(62-39)50(69)40(25-43-60-41(27-74-43)35-16-17-42(37(38)24-35)66(47)30-55(56,57)58)61-49(68)46(33-10-6-7-11-33)64-22-18-54(28-64)19-23-65(29-54)51(70)48-45(63(48)4)34-14-15-34/h8,12,16-17,20,24,27,32-34,39-40,45-46,48,62H,6-7,9-11,13-15,18-19,21-23,25-26,28-31H2,1-5H3,(H,61,68)/t32-,39-,40-,45+,46-,48+,54-,63?/m0/s1. The van der Waals surface area contributed by atoms with Gasteiger partial charge in [-0.25, -0.2) is 10.4 Å². The molecule has 1 spiro atoms. The number of likely N-dealkylation sites (N-methyl/N-ethyl adjacent to an activating group) is 1. The number of nitrogens with zero attached hydrogens (tertiary/aromatic N) is 7. The number of amides is 3. The molecule has 5 aliphatic heterocycles. The molecule has 1 aromatic carbocycles. The summed E-state index contributed by atoms with van der Waals surface area (Å²) in [7, 11) is 3.61. The molecule has 3 aromatic heterocycles. The van der Waals surface area contributed by atoms with Crippen LogP contribution >= 0.6 is 11.3 Å². The van der Waals surface area contributed by atoms with Gasteiger partial charge in [0.05, 0.1) is 40.8 Å². The first kappa shape index (κ1) is 51.2. The summed E-state index contributed by atoms with van der Waals surface area (Å²) in [5, 5.41) is 7.79. The number of alkyl halides is 3. The lowest BCUT2D eigenvalue weighted by atomic mass is 9.84. The summed E-state index contributed by atoms with van der Waals surface area (Å²) in [6.45, 7) is 7.54. The third-order valence-corrected chi connectivity index (χ3v) is 18.3. The highest BCUT2D eigenvalue weighted by Gasteiger charge is 2.59. The minimum atomic E-state index is -4.57. The average molecular weight is 1040 g/mol. The molecule has 7 aliphatic rings. The zero-order valence-electron chi connectivity index (χ0n) is 43.2. The molecule has 398 valence electrons. The van der Waals surface area contributed by atoms with Crippen LogP contribution in [0.5, 0.6) is 0 Å². The Morgan fingerprint density at radius 2 is 1.81 bits per heavy atom. The fraction of sp³-hybridized carbons (Fsp3) is 0.636. The summed E-state index contributed by atoms with van der Waals surface area (Å²) in [5.41, 5.74) is 5.94. The van der Waals surface area contributed by atoms with Gasteiger partial charge in [-0.2, -0.15) is 13.2 Å². The van der Waals surface area contributed by atoms with Crippen LogP contribution in [0.1, 0.15) is 107 Å². The Labute approximate surface area is 434 Å². The molecule has 6 bridgehead atoms. The van der Waals surface area contributed by atoms with Gasteiger partial charge >= 0.3 is 12.1 Å². The van der Waals surface area contributed by atoms with E-state index in [1.54, 1.807) is 30.5 Å². The zero-order chi connectivity index (χ0) is 51.8. The van der Waals surface area contributed by atoms with Crippen molar-refractivity contribution in [3.05, 3.63) is 58.2 Å². The fourth-order valence-electron chi connectivity index (χ4n) is 13.3. The van der Waals surface area contributed by atoms with E-state index in [1.165, 1.54) is 40.9 Å². The number of cyclic esters (lactones) is 1. The van der Waals surface area contributed by atoms with Crippen LogP contribution in [-0.4, -0.2) is 148 Å². The number of halogens is 3. The first-order chi connectivity index (χ1) is 35.4. The van der Waals surface area contributed by atoms with Crippen molar-refractivity contribution in [3.63, 3.8) is 0 Å². The van der Waals surface area contributed by atoms with Gasteiger partial charge < -0.3 is 24.3 Å². The minimum absolute atomic E-state index is 0.00904. The quantitative estimate of drug-likeness (QED) is 0.121. The zero-order valence-corrected chi connectivity index (χ0v) is 44.0. The minimum Gasteiger partial charge on any atom is -0.464 e. The molecular formula is C55H70F3N9O6S. The molecule has 4 saturated heterocycles. The number of benzene rings is 1. The van der Waals surface area contributed by atoms with Crippen molar-refractivity contribution < 1.29 is 41.8 Å². The first-order valence-corrected chi connectivity index (χ1v) is 27.7. The summed E-state index contributed by atoms with van der Waals surface area (Å²) in [4.78, 5) is 74.3. The van der Waals surface area contributed by atoms with E-state index in [-0.39, 0.29) is 54.5 Å². The number of nitrogens with one attached hydrogen (secondary N) is 2. The van der Waals surface area contributed by atoms with Crippen molar-refractivity contribution in [2.45, 2.75) is 147 Å². The molecule has 74 heavy (non-hydrogen) atoms. The van der Waals surface area contributed by atoms with Crippen LogP contribution in [-0.2, 0) is 48.0 Å². The summed E-state index contributed by atoms with van der Waals surface area (Å²) in [6.07, 6.45) is 5.84. The predicted molar refractivity (Wildman–Crippen MR) is 273 cm³/mol. The number of ether oxygens (including phenoxy) is 2. The van der Waals surface area contributed by atoms with Crippen molar-refractivity contribution in [2.75, 3.05) is 53.5 Å². The number of hydrazine groups is 1. The number of methoxy groups -OCH3 is 1. The second kappa shape index (κ2) is 19.9. The number of carbonyl (C=O) groups excluding carboxylic acids is 4. The van der Waals surface area contributed by atoms with Gasteiger partial charge in [0, 0.05) is 90.2 Å². The Hall–Kier alpha value is -4.95. The Kier molecular flexibility index (Phi) is 13.7. The van der Waals surface area contributed by atoms with Crippen molar-refractivity contribution in [1.82, 2.24) is 45.0 Å². The van der Waals surface area contributed by atoms with Gasteiger partial charge in [0.2, 0.25) is 11.8 Å². The molecule has 6 fully saturated rings. The lowest BCUT2D eigenvalue weighted by Crippen LogP contribution is -2.62. The SMILES string of the molecule is CO[C@@H](C)c1ncccc1-c1c2c3cc(ccc3n1CC(F)(F)F)-c1csc(n1)C[C@H](NC(=O)[C@H](C1CCCC1)N1CC[C@]3(CCN(C(=O)[C@H]4[C@@H](C5CC5)N4C)C3)C1)C(=O)N1CCC[C@H](N1)C(=O)OCC(C)(C)C2. The van der Waals surface area contributed by atoms with E-state index < -0.39 is 48.3 Å². The van der Waals surface area contributed by atoms with Gasteiger partial charge in [-0.05, 0) is 120 Å². The normalized spacial score (nSPS) is 28.7. The number of thiazole rings is 1. The maximum absolute atomic E-state index is 15.1. The van der Waals surface area contributed by atoms with Crippen LogP contribution in [0.15, 0.2) is 41.9 Å². The Bertz CT molecular complexity index is 2810. The second-order valence-corrected chi connectivity index (χ2v) is 24.3. The molecule has 19 heteroatoms. The number of esters is 1. The van der Waals surface area contributed by atoms with Crippen LogP contribution in [0.25, 0.3) is 33.4 Å². The third kappa shape index (κ3) is 10.1. The largest absolute Gasteiger partial charge is 0.464 e. The molecule has 4 aromatic rings. The van der Waals surface area contributed by atoms with Gasteiger partial charge in [0.25, 0.3) is 5.91 Å². The van der Waals surface area contributed by atoms with Crippen LogP contribution < -0.4 is 10.7 Å². The topological polar surface area (TPSA) is 154 Å². The van der Waals surface area contributed by atoms with Gasteiger partial charge in [0.15, 0.2) is 0 Å². The number of likely N-dealkylation sites (tertiary alicyclic amines) is 2. The van der Waals surface area contributed by atoms with E-state index in [2.05, 4.69) is 37.5 Å². The summed E-state index contributed by atoms with van der Waals surface area (Å²) in [6, 6.07) is 6.88. The monoisotopic (exact) mass is 1040 g/mol. The molecule has 2 N–H and O–H groups in total. The Morgan fingerprint density at radius 1 is 1.03 bits per heavy atom. The average Bonchev–Trinajstić information content (AvgIpc) is 3.84. The van der Waals surface area contributed by atoms with Crippen molar-refractivity contribution >= 4 is 45.9 Å². The van der Waals surface area contributed by atoms with E-state index in [9.17, 15) is 27.6 Å². The number of pyridine rings is 1. The van der Waals surface area contributed by atoms with E-state index in [0.717, 1.165) is 51.6 Å². The lowest BCUT2D eigenvalue weighted by Gasteiger charge is -2.37. The number of hydrogen-bond donors (Lipinski definition) is 2. The molecule has 3 amide bonds. The van der Waals surface area contributed by atoms with Crippen LogP contribution in [0.3, 0.4) is 0 Å². The maximum Gasteiger partial charge on any atom is 0.406 e. The molecule has 8 heterocycles.